The summed E-state index contributed by atoms with van der Waals surface area (Å²) >= 11 is 6.11. The molecule has 214 valence electrons. The smallest absolute Gasteiger partial charge is 0.351 e. The molecule has 1 aromatic heterocycles. The van der Waals surface area contributed by atoms with Crippen molar-refractivity contribution in [1.29, 1.82) is 0 Å². The van der Waals surface area contributed by atoms with Crippen molar-refractivity contribution >= 4 is 28.9 Å². The molecule has 0 saturated carbocycles. The van der Waals surface area contributed by atoms with Gasteiger partial charge in [-0.05, 0) is 49.8 Å². The fourth-order valence-corrected chi connectivity index (χ4v) is 5.09. The van der Waals surface area contributed by atoms with E-state index in [1.165, 1.54) is 28.0 Å². The predicted octanol–water partition coefficient (Wildman–Crippen LogP) is 4.45. The third kappa shape index (κ3) is 8.33. The fourth-order valence-electron chi connectivity index (χ4n) is 4.96. The second-order valence-corrected chi connectivity index (χ2v) is 10.6. The van der Waals surface area contributed by atoms with E-state index in [0.717, 1.165) is 44.3 Å². The van der Waals surface area contributed by atoms with E-state index in [4.69, 9.17) is 27.9 Å². The number of nitrogens with zero attached hydrogens (tertiary/aromatic N) is 5. The normalized spacial score (nSPS) is 18.4. The maximum absolute atomic E-state index is 12.4. The third-order valence-electron chi connectivity index (χ3n) is 6.77. The largest absolute Gasteiger partial charge is 0.393 e. The SMILES string of the molecule is C1CCOC1.CC.CC(C)CC(c1ccc(Cl)cc1)N1CCN(c2nc(=O)n(C)c(N(C)N)c2N)C(C)C1. The van der Waals surface area contributed by atoms with Gasteiger partial charge in [-0.25, -0.2) is 10.6 Å². The molecule has 3 heterocycles. The fraction of sp³-hybridized carbons (Fsp3) is 0.643. The molecule has 0 amide bonds. The molecule has 2 aromatic rings. The molecule has 1 aromatic carbocycles. The Morgan fingerprint density at radius 2 is 1.76 bits per heavy atom. The lowest BCUT2D eigenvalue weighted by Gasteiger charge is -2.44. The number of hydrazine groups is 1. The van der Waals surface area contributed by atoms with E-state index in [1.807, 2.05) is 26.0 Å². The van der Waals surface area contributed by atoms with Gasteiger partial charge in [0.05, 0.1) is 0 Å². The van der Waals surface area contributed by atoms with Crippen LogP contribution < -0.4 is 27.2 Å². The van der Waals surface area contributed by atoms with Crippen LogP contribution >= 0.6 is 11.6 Å². The van der Waals surface area contributed by atoms with Crippen molar-refractivity contribution in [2.45, 2.75) is 66.0 Å². The number of rotatable bonds is 6. The van der Waals surface area contributed by atoms with Gasteiger partial charge in [0, 0.05) is 64.0 Å². The van der Waals surface area contributed by atoms with Crippen LogP contribution in [0, 0.1) is 5.92 Å². The lowest BCUT2D eigenvalue weighted by molar-refractivity contribution is 0.145. The quantitative estimate of drug-likeness (QED) is 0.402. The Morgan fingerprint density at radius 3 is 2.24 bits per heavy atom. The highest BCUT2D eigenvalue weighted by atomic mass is 35.5. The van der Waals surface area contributed by atoms with Crippen molar-refractivity contribution in [3.8, 4) is 0 Å². The van der Waals surface area contributed by atoms with Crippen molar-refractivity contribution in [1.82, 2.24) is 14.5 Å². The van der Waals surface area contributed by atoms with Crippen LogP contribution in [0.3, 0.4) is 0 Å². The monoisotopic (exact) mass is 549 g/mol. The van der Waals surface area contributed by atoms with Crippen molar-refractivity contribution in [3.05, 3.63) is 45.3 Å². The third-order valence-corrected chi connectivity index (χ3v) is 7.02. The Balaban J connectivity index is 0.000000636. The summed E-state index contributed by atoms with van der Waals surface area (Å²) in [4.78, 5) is 21.3. The number of piperazine rings is 1. The molecule has 9 nitrogen and oxygen atoms in total. The summed E-state index contributed by atoms with van der Waals surface area (Å²) in [5.74, 6) is 7.46. The average Bonchev–Trinajstić information content (AvgIpc) is 3.47. The zero-order chi connectivity index (χ0) is 28.4. The van der Waals surface area contributed by atoms with Crippen LogP contribution in [0.1, 0.15) is 65.5 Å². The van der Waals surface area contributed by atoms with E-state index >= 15 is 0 Å². The van der Waals surface area contributed by atoms with Crippen LogP contribution in [-0.2, 0) is 11.8 Å². The van der Waals surface area contributed by atoms with Crippen LogP contribution in [0.4, 0.5) is 17.3 Å². The van der Waals surface area contributed by atoms with Gasteiger partial charge in [-0.2, -0.15) is 4.98 Å². The molecule has 0 bridgehead atoms. The van der Waals surface area contributed by atoms with E-state index in [0.29, 0.717) is 29.3 Å². The molecule has 2 aliphatic rings. The highest BCUT2D eigenvalue weighted by molar-refractivity contribution is 6.30. The van der Waals surface area contributed by atoms with Gasteiger partial charge < -0.3 is 15.4 Å². The maximum atomic E-state index is 12.4. The van der Waals surface area contributed by atoms with Gasteiger partial charge in [-0.3, -0.25) is 14.5 Å². The van der Waals surface area contributed by atoms with E-state index < -0.39 is 0 Å². The zero-order valence-corrected chi connectivity index (χ0v) is 25.0. The first-order valence-electron chi connectivity index (χ1n) is 13.8. The van der Waals surface area contributed by atoms with Crippen molar-refractivity contribution in [2.75, 3.05) is 55.5 Å². The van der Waals surface area contributed by atoms with Gasteiger partial charge in [0.15, 0.2) is 11.6 Å². The number of aromatic nitrogens is 2. The molecule has 4 N–H and O–H groups in total. The molecule has 2 aliphatic heterocycles. The minimum Gasteiger partial charge on any atom is -0.393 e. The molecule has 0 radical (unpaired) electrons. The van der Waals surface area contributed by atoms with Crippen molar-refractivity contribution < 1.29 is 4.74 Å². The van der Waals surface area contributed by atoms with Gasteiger partial charge in [-0.15, -0.1) is 0 Å². The molecule has 38 heavy (non-hydrogen) atoms. The van der Waals surface area contributed by atoms with Crippen LogP contribution in [0.2, 0.25) is 5.02 Å². The second-order valence-electron chi connectivity index (χ2n) is 10.2. The van der Waals surface area contributed by atoms with Crippen LogP contribution in [0.15, 0.2) is 29.1 Å². The first kappa shape index (κ1) is 31.9. The molecule has 2 saturated heterocycles. The van der Waals surface area contributed by atoms with Gasteiger partial charge in [0.25, 0.3) is 0 Å². The zero-order valence-electron chi connectivity index (χ0n) is 24.3. The molecular formula is C28H48ClN7O2. The van der Waals surface area contributed by atoms with E-state index in [1.54, 1.807) is 14.1 Å². The predicted molar refractivity (Wildman–Crippen MR) is 160 cm³/mol. The summed E-state index contributed by atoms with van der Waals surface area (Å²) < 4.78 is 6.32. The van der Waals surface area contributed by atoms with Gasteiger partial charge in [0.1, 0.15) is 5.69 Å². The number of hydrogen-bond donors (Lipinski definition) is 2. The summed E-state index contributed by atoms with van der Waals surface area (Å²) in [6.07, 6.45) is 3.61. The van der Waals surface area contributed by atoms with Crippen LogP contribution in [-0.4, -0.2) is 60.4 Å². The lowest BCUT2D eigenvalue weighted by atomic mass is 9.94. The standard InChI is InChI=1S/C22H34ClN7O.C4H8O.C2H6/c1-14(2)12-18(16-6-8-17(23)9-7-16)29-10-11-30(15(3)13-29)20-19(24)21(28(5)25)27(4)22(31)26-20;1-2-4-5-3-1;1-2/h6-9,14-15,18H,10-13,24-25H2,1-5H3;1-4H2;1-2H3. The topological polar surface area (TPSA) is 106 Å². The molecule has 0 spiro atoms. The summed E-state index contributed by atoms with van der Waals surface area (Å²) in [6, 6.07) is 8.60. The summed E-state index contributed by atoms with van der Waals surface area (Å²) in [7, 11) is 3.29. The van der Waals surface area contributed by atoms with E-state index in [-0.39, 0.29) is 11.7 Å². The average molecular weight is 550 g/mol. The Hall–Kier alpha value is -2.33. The lowest BCUT2D eigenvalue weighted by Crippen LogP contribution is -2.54. The first-order chi connectivity index (χ1) is 18.1. The molecule has 4 rings (SSSR count). The van der Waals surface area contributed by atoms with Gasteiger partial charge in [0.2, 0.25) is 0 Å². The van der Waals surface area contributed by atoms with Crippen molar-refractivity contribution in [2.24, 2.45) is 18.8 Å². The number of halogens is 1. The Morgan fingerprint density at radius 1 is 1.16 bits per heavy atom. The molecule has 2 unspecified atom stereocenters. The summed E-state index contributed by atoms with van der Waals surface area (Å²) in [5, 5.41) is 2.11. The highest BCUT2D eigenvalue weighted by Gasteiger charge is 2.32. The first-order valence-corrected chi connectivity index (χ1v) is 14.2. The van der Waals surface area contributed by atoms with Crippen molar-refractivity contribution in [3.63, 3.8) is 0 Å². The van der Waals surface area contributed by atoms with Crippen LogP contribution in [0.5, 0.6) is 0 Å². The number of nitrogens with two attached hydrogens (primary N) is 2. The van der Waals surface area contributed by atoms with E-state index in [9.17, 15) is 4.79 Å². The number of hydrogen-bond acceptors (Lipinski definition) is 8. The molecule has 10 heteroatoms. The second kappa shape index (κ2) is 15.3. The van der Waals surface area contributed by atoms with E-state index in [2.05, 4.69) is 47.7 Å². The Bertz CT molecular complexity index is 1030. The Labute approximate surface area is 233 Å². The van der Waals surface area contributed by atoms with Gasteiger partial charge >= 0.3 is 5.69 Å². The minimum atomic E-state index is -0.370. The molecule has 2 fully saturated rings. The maximum Gasteiger partial charge on any atom is 0.351 e. The van der Waals surface area contributed by atoms with Crippen LogP contribution in [0.25, 0.3) is 0 Å². The minimum absolute atomic E-state index is 0.133. The number of nitrogen functional groups attached to an aromatic ring is 1. The summed E-state index contributed by atoms with van der Waals surface area (Å²) in [6.45, 7) is 15.0. The number of anilines is 3. The number of ether oxygens (including phenoxy) is 1. The van der Waals surface area contributed by atoms with Gasteiger partial charge in [-0.1, -0.05) is 51.4 Å². The molecule has 2 atom stereocenters. The highest BCUT2D eigenvalue weighted by Crippen LogP contribution is 2.34. The number of benzene rings is 1. The molecular weight excluding hydrogens is 502 g/mol. The summed E-state index contributed by atoms with van der Waals surface area (Å²) in [5.41, 5.74) is 7.73. The Kier molecular flexibility index (Phi) is 12.8. The molecule has 0 aliphatic carbocycles.